The van der Waals surface area contributed by atoms with Crippen LogP contribution in [0.5, 0.6) is 0 Å². The van der Waals surface area contributed by atoms with Crippen LogP contribution < -0.4 is 10.2 Å². The first kappa shape index (κ1) is 23.1. The number of aryl methyl sites for hydroxylation is 1. The first-order valence-electron chi connectivity index (χ1n) is 9.63. The molecule has 8 nitrogen and oxygen atoms in total. The Bertz CT molecular complexity index is 1260. The van der Waals surface area contributed by atoms with Crippen LogP contribution in [0.1, 0.15) is 5.56 Å². The van der Waals surface area contributed by atoms with E-state index in [0.717, 1.165) is 5.56 Å². The number of allylic oxidation sites excluding steroid dienone is 2. The van der Waals surface area contributed by atoms with Gasteiger partial charge in [0.15, 0.2) is 5.57 Å². The standard InChI is InChI=1S/C22H19ClN6O2S/c1-16-5-7-18(8-6-16)32(30,31)29-11-9-28(10-12-29)22-19(23)3-2-4-20(22)27-21(15-26)17(13-24)14-25/h2-8,27H,9-12H2,1H3. The molecule has 1 fully saturated rings. The van der Waals surface area contributed by atoms with Crippen LogP contribution in [0.4, 0.5) is 11.4 Å². The van der Waals surface area contributed by atoms with Crippen LogP contribution in [0.15, 0.2) is 58.6 Å². The predicted molar refractivity (Wildman–Crippen MR) is 121 cm³/mol. The predicted octanol–water partition coefficient (Wildman–Crippen LogP) is 3.40. The van der Waals surface area contributed by atoms with Crippen LogP contribution in [0.25, 0.3) is 0 Å². The van der Waals surface area contributed by atoms with E-state index in [1.165, 1.54) is 4.31 Å². The highest BCUT2D eigenvalue weighted by Crippen LogP contribution is 2.36. The fraction of sp³-hybridized carbons (Fsp3) is 0.227. The molecule has 0 aliphatic carbocycles. The number of hydrogen-bond acceptors (Lipinski definition) is 7. The molecule has 0 unspecified atom stereocenters. The van der Waals surface area contributed by atoms with Crippen molar-refractivity contribution in [3.8, 4) is 18.2 Å². The summed E-state index contributed by atoms with van der Waals surface area (Å²) in [6.07, 6.45) is 0. The molecule has 2 aromatic carbocycles. The normalized spacial score (nSPS) is 14.0. The molecule has 0 bridgehead atoms. The van der Waals surface area contributed by atoms with Crippen molar-refractivity contribution in [3.05, 3.63) is 64.3 Å². The monoisotopic (exact) mass is 466 g/mol. The summed E-state index contributed by atoms with van der Waals surface area (Å²) in [7, 11) is -3.61. The summed E-state index contributed by atoms with van der Waals surface area (Å²) in [5, 5.41) is 30.7. The van der Waals surface area contributed by atoms with Gasteiger partial charge in [0.2, 0.25) is 10.0 Å². The summed E-state index contributed by atoms with van der Waals surface area (Å²) in [6, 6.07) is 17.0. The maximum absolute atomic E-state index is 13.0. The van der Waals surface area contributed by atoms with E-state index in [-0.39, 0.29) is 29.3 Å². The summed E-state index contributed by atoms with van der Waals surface area (Å²) in [5.41, 5.74) is 1.48. The summed E-state index contributed by atoms with van der Waals surface area (Å²) in [4.78, 5) is 2.17. The molecule has 1 aliphatic rings. The number of anilines is 2. The van der Waals surface area contributed by atoms with Crippen molar-refractivity contribution in [1.82, 2.24) is 4.31 Å². The fourth-order valence-corrected chi connectivity index (χ4v) is 5.08. The molecule has 2 aromatic rings. The van der Waals surface area contributed by atoms with Crippen LogP contribution in [0, 0.1) is 40.9 Å². The SMILES string of the molecule is Cc1ccc(S(=O)(=O)N2CCN(c3c(Cl)cccc3NC(C#N)=C(C#N)C#N)CC2)cc1. The highest BCUT2D eigenvalue weighted by molar-refractivity contribution is 7.89. The number of rotatable bonds is 5. The Morgan fingerprint density at radius 1 is 0.969 bits per heavy atom. The first-order chi connectivity index (χ1) is 15.3. The molecule has 1 heterocycles. The number of hydrogen-bond donors (Lipinski definition) is 1. The number of nitrogens with zero attached hydrogens (tertiary/aromatic N) is 5. The molecule has 0 saturated carbocycles. The molecule has 162 valence electrons. The van der Waals surface area contributed by atoms with Gasteiger partial charge in [0.1, 0.15) is 23.9 Å². The second-order valence-electron chi connectivity index (χ2n) is 7.05. The van der Waals surface area contributed by atoms with E-state index < -0.39 is 10.0 Å². The van der Waals surface area contributed by atoms with Gasteiger partial charge in [0.05, 0.1) is 21.3 Å². The third-order valence-corrected chi connectivity index (χ3v) is 7.26. The number of nitrogens with one attached hydrogen (secondary N) is 1. The quantitative estimate of drug-likeness (QED) is 0.669. The van der Waals surface area contributed by atoms with E-state index in [9.17, 15) is 13.7 Å². The molecule has 32 heavy (non-hydrogen) atoms. The second-order valence-corrected chi connectivity index (χ2v) is 9.40. The van der Waals surface area contributed by atoms with Gasteiger partial charge in [-0.3, -0.25) is 0 Å². The van der Waals surface area contributed by atoms with Crippen molar-refractivity contribution in [1.29, 1.82) is 15.8 Å². The van der Waals surface area contributed by atoms with E-state index in [2.05, 4.69) is 5.32 Å². The lowest BCUT2D eigenvalue weighted by Gasteiger charge is -2.36. The largest absolute Gasteiger partial charge is 0.366 e. The summed E-state index contributed by atoms with van der Waals surface area (Å²) in [6.45, 7) is 3.15. The van der Waals surface area contributed by atoms with Gasteiger partial charge in [0.25, 0.3) is 0 Å². The van der Waals surface area contributed by atoms with E-state index in [4.69, 9.17) is 22.1 Å². The summed E-state index contributed by atoms with van der Waals surface area (Å²) in [5.74, 6) is 0. The number of halogens is 1. The molecule has 10 heteroatoms. The number of para-hydroxylation sites is 1. The second kappa shape index (κ2) is 9.72. The van der Waals surface area contributed by atoms with Crippen molar-refractivity contribution in [2.45, 2.75) is 11.8 Å². The van der Waals surface area contributed by atoms with Crippen LogP contribution in [0.3, 0.4) is 0 Å². The Kier molecular flexibility index (Phi) is 7.02. The highest BCUT2D eigenvalue weighted by Gasteiger charge is 2.30. The Morgan fingerprint density at radius 2 is 1.59 bits per heavy atom. The van der Waals surface area contributed by atoms with Gasteiger partial charge in [-0.25, -0.2) is 8.42 Å². The van der Waals surface area contributed by atoms with Crippen molar-refractivity contribution >= 4 is 33.0 Å². The van der Waals surface area contributed by atoms with E-state index in [1.54, 1.807) is 54.6 Å². The summed E-state index contributed by atoms with van der Waals surface area (Å²) < 4.78 is 27.4. The van der Waals surface area contributed by atoms with Crippen molar-refractivity contribution < 1.29 is 8.42 Å². The van der Waals surface area contributed by atoms with Crippen LogP contribution in [0.2, 0.25) is 5.02 Å². The molecule has 3 rings (SSSR count). The van der Waals surface area contributed by atoms with E-state index in [0.29, 0.717) is 29.5 Å². The molecule has 0 aromatic heterocycles. The van der Waals surface area contributed by atoms with E-state index >= 15 is 0 Å². The van der Waals surface area contributed by atoms with Gasteiger partial charge in [0, 0.05) is 26.2 Å². The van der Waals surface area contributed by atoms with Crippen LogP contribution >= 0.6 is 11.6 Å². The lowest BCUT2D eigenvalue weighted by molar-refractivity contribution is 0.385. The van der Waals surface area contributed by atoms with Gasteiger partial charge in [-0.05, 0) is 31.2 Å². The Morgan fingerprint density at radius 3 is 2.16 bits per heavy atom. The van der Waals surface area contributed by atoms with Crippen LogP contribution in [-0.2, 0) is 10.0 Å². The Balaban J connectivity index is 1.84. The molecule has 0 spiro atoms. The fourth-order valence-electron chi connectivity index (χ4n) is 3.37. The molecule has 1 aliphatic heterocycles. The number of nitriles is 3. The topological polar surface area (TPSA) is 124 Å². The van der Waals surface area contributed by atoms with Gasteiger partial charge in [-0.2, -0.15) is 20.1 Å². The smallest absolute Gasteiger partial charge is 0.243 e. The minimum absolute atomic E-state index is 0.181. The summed E-state index contributed by atoms with van der Waals surface area (Å²) >= 11 is 6.43. The average molecular weight is 467 g/mol. The van der Waals surface area contributed by atoms with Crippen molar-refractivity contribution in [2.75, 3.05) is 36.4 Å². The molecule has 1 saturated heterocycles. The molecular formula is C22H19ClN6O2S. The zero-order valence-corrected chi connectivity index (χ0v) is 18.8. The third-order valence-electron chi connectivity index (χ3n) is 5.05. The number of benzene rings is 2. The minimum atomic E-state index is -3.61. The Labute approximate surface area is 192 Å². The molecule has 0 radical (unpaired) electrons. The molecule has 0 amide bonds. The molecule has 0 atom stereocenters. The minimum Gasteiger partial charge on any atom is -0.366 e. The van der Waals surface area contributed by atoms with E-state index in [1.807, 2.05) is 17.9 Å². The lowest BCUT2D eigenvalue weighted by atomic mass is 10.2. The van der Waals surface area contributed by atoms with Gasteiger partial charge >= 0.3 is 0 Å². The lowest BCUT2D eigenvalue weighted by Crippen LogP contribution is -2.48. The molecular weight excluding hydrogens is 448 g/mol. The van der Waals surface area contributed by atoms with Crippen molar-refractivity contribution in [2.24, 2.45) is 0 Å². The Hall–Kier alpha value is -3.55. The average Bonchev–Trinajstić information content (AvgIpc) is 2.79. The number of piperazine rings is 1. The van der Waals surface area contributed by atoms with Gasteiger partial charge < -0.3 is 10.2 Å². The van der Waals surface area contributed by atoms with Crippen molar-refractivity contribution in [3.63, 3.8) is 0 Å². The zero-order valence-electron chi connectivity index (χ0n) is 17.2. The zero-order chi connectivity index (χ0) is 23.3. The third kappa shape index (κ3) is 4.69. The van der Waals surface area contributed by atoms with Gasteiger partial charge in [-0.15, -0.1) is 0 Å². The maximum atomic E-state index is 13.0. The first-order valence-corrected chi connectivity index (χ1v) is 11.5. The molecule has 1 N–H and O–H groups in total. The van der Waals surface area contributed by atoms with Gasteiger partial charge in [-0.1, -0.05) is 35.4 Å². The maximum Gasteiger partial charge on any atom is 0.243 e. The highest BCUT2D eigenvalue weighted by atomic mass is 35.5. The number of sulfonamides is 1. The van der Waals surface area contributed by atoms with Crippen LogP contribution in [-0.4, -0.2) is 38.9 Å².